The van der Waals surface area contributed by atoms with Gasteiger partial charge < -0.3 is 10.1 Å². The highest BCUT2D eigenvalue weighted by Gasteiger charge is 2.26. The molecule has 0 unspecified atom stereocenters. The number of para-hydroxylation sites is 1. The zero-order valence-corrected chi connectivity index (χ0v) is 19.0. The Morgan fingerprint density at radius 2 is 1.65 bits per heavy atom. The summed E-state index contributed by atoms with van der Waals surface area (Å²) in [6.07, 6.45) is 3.36. The second-order valence-corrected chi connectivity index (χ2v) is 9.74. The molecule has 0 atom stereocenters. The molecule has 1 aliphatic rings. The summed E-state index contributed by atoms with van der Waals surface area (Å²) < 4.78 is 32.3. The number of benzene rings is 2. The Morgan fingerprint density at radius 1 is 0.941 bits per heavy atom. The Morgan fingerprint density at radius 3 is 2.38 bits per heavy atom. The third-order valence-electron chi connectivity index (χ3n) is 5.66. The number of rotatable bonds is 5. The maximum Gasteiger partial charge on any atom is 0.256 e. The number of amides is 1. The van der Waals surface area contributed by atoms with E-state index in [-0.39, 0.29) is 10.8 Å². The van der Waals surface area contributed by atoms with Crippen molar-refractivity contribution in [2.24, 2.45) is 0 Å². The van der Waals surface area contributed by atoms with Crippen molar-refractivity contribution in [2.75, 3.05) is 31.6 Å². The van der Waals surface area contributed by atoms with Gasteiger partial charge in [-0.3, -0.25) is 9.78 Å². The van der Waals surface area contributed by atoms with Crippen LogP contribution in [0.1, 0.15) is 10.4 Å². The molecule has 3 heterocycles. The van der Waals surface area contributed by atoms with E-state index in [0.29, 0.717) is 48.8 Å². The van der Waals surface area contributed by atoms with Crippen molar-refractivity contribution in [2.45, 2.75) is 4.90 Å². The monoisotopic (exact) mass is 474 g/mol. The molecular formula is C25H22N4O4S. The quantitative estimate of drug-likeness (QED) is 0.475. The molecule has 1 saturated heterocycles. The van der Waals surface area contributed by atoms with Crippen LogP contribution in [-0.4, -0.2) is 54.9 Å². The largest absolute Gasteiger partial charge is 0.379 e. The van der Waals surface area contributed by atoms with Crippen molar-refractivity contribution < 1.29 is 17.9 Å². The molecule has 4 aromatic rings. The van der Waals surface area contributed by atoms with E-state index in [1.54, 1.807) is 30.6 Å². The highest BCUT2D eigenvalue weighted by molar-refractivity contribution is 7.89. The maximum absolute atomic E-state index is 13.2. The molecule has 0 bridgehead atoms. The molecule has 1 N–H and O–H groups in total. The zero-order valence-electron chi connectivity index (χ0n) is 18.2. The Balaban J connectivity index is 1.43. The lowest BCUT2D eigenvalue weighted by molar-refractivity contribution is 0.0730. The smallest absolute Gasteiger partial charge is 0.256 e. The van der Waals surface area contributed by atoms with Gasteiger partial charge in [-0.1, -0.05) is 18.2 Å². The summed E-state index contributed by atoms with van der Waals surface area (Å²) in [4.78, 5) is 22.2. The molecule has 9 heteroatoms. The van der Waals surface area contributed by atoms with Crippen molar-refractivity contribution >= 4 is 32.5 Å². The van der Waals surface area contributed by atoms with Crippen LogP contribution in [0.3, 0.4) is 0 Å². The number of carbonyl (C=O) groups is 1. The normalized spacial score (nSPS) is 14.7. The molecule has 2 aromatic carbocycles. The average Bonchev–Trinajstić information content (AvgIpc) is 2.89. The summed E-state index contributed by atoms with van der Waals surface area (Å²) in [5, 5.41) is 3.61. The number of hydrogen-bond donors (Lipinski definition) is 1. The fraction of sp³-hybridized carbons (Fsp3) is 0.160. The van der Waals surface area contributed by atoms with E-state index >= 15 is 0 Å². The summed E-state index contributed by atoms with van der Waals surface area (Å²) >= 11 is 0. The van der Waals surface area contributed by atoms with Gasteiger partial charge >= 0.3 is 0 Å². The molecule has 34 heavy (non-hydrogen) atoms. The van der Waals surface area contributed by atoms with Gasteiger partial charge in [0.15, 0.2) is 0 Å². The van der Waals surface area contributed by atoms with Crippen LogP contribution in [-0.2, 0) is 14.8 Å². The fourth-order valence-corrected chi connectivity index (χ4v) is 5.29. The fourth-order valence-electron chi connectivity index (χ4n) is 3.88. The van der Waals surface area contributed by atoms with E-state index in [1.165, 1.54) is 16.4 Å². The maximum atomic E-state index is 13.2. The number of ether oxygens (including phenoxy) is 1. The number of morpholine rings is 1. The van der Waals surface area contributed by atoms with Crippen LogP contribution in [0, 0.1) is 0 Å². The summed E-state index contributed by atoms with van der Waals surface area (Å²) in [6, 6.07) is 19.1. The molecule has 1 fully saturated rings. The van der Waals surface area contributed by atoms with Crippen LogP contribution < -0.4 is 5.32 Å². The third kappa shape index (κ3) is 4.41. The average molecular weight is 475 g/mol. The second kappa shape index (κ2) is 9.30. The number of carbonyl (C=O) groups excluding carboxylic acids is 1. The lowest BCUT2D eigenvalue weighted by Gasteiger charge is -2.26. The number of anilines is 1. The minimum atomic E-state index is -3.60. The summed E-state index contributed by atoms with van der Waals surface area (Å²) in [5.41, 5.74) is 3.19. The first kappa shape index (κ1) is 22.1. The summed E-state index contributed by atoms with van der Waals surface area (Å²) in [7, 11) is -3.60. The van der Waals surface area contributed by atoms with Gasteiger partial charge in [-0.2, -0.15) is 4.31 Å². The van der Waals surface area contributed by atoms with Crippen molar-refractivity contribution in [3.63, 3.8) is 0 Å². The predicted molar refractivity (Wildman–Crippen MR) is 129 cm³/mol. The molecule has 0 radical (unpaired) electrons. The lowest BCUT2D eigenvalue weighted by Crippen LogP contribution is -2.40. The van der Waals surface area contributed by atoms with Gasteiger partial charge in [-0.05, 0) is 48.5 Å². The number of hydrogen-bond acceptors (Lipinski definition) is 6. The molecule has 172 valence electrons. The van der Waals surface area contributed by atoms with E-state index in [0.717, 1.165) is 10.9 Å². The van der Waals surface area contributed by atoms with Gasteiger partial charge in [-0.15, -0.1) is 0 Å². The van der Waals surface area contributed by atoms with Gasteiger partial charge in [-0.25, -0.2) is 13.4 Å². The van der Waals surface area contributed by atoms with Gasteiger partial charge in [0.1, 0.15) is 0 Å². The minimum Gasteiger partial charge on any atom is -0.379 e. The highest BCUT2D eigenvalue weighted by Crippen LogP contribution is 2.26. The van der Waals surface area contributed by atoms with Crippen LogP contribution in [0.2, 0.25) is 0 Å². The molecule has 5 rings (SSSR count). The summed E-state index contributed by atoms with van der Waals surface area (Å²) in [5.74, 6) is -0.308. The highest BCUT2D eigenvalue weighted by atomic mass is 32.2. The number of pyridine rings is 2. The molecule has 0 spiro atoms. The zero-order chi connectivity index (χ0) is 23.5. The van der Waals surface area contributed by atoms with Crippen LogP contribution in [0.15, 0.2) is 84.0 Å². The first-order valence-corrected chi connectivity index (χ1v) is 12.3. The third-order valence-corrected chi connectivity index (χ3v) is 7.57. The van der Waals surface area contributed by atoms with E-state index < -0.39 is 10.0 Å². The van der Waals surface area contributed by atoms with Crippen molar-refractivity contribution in [3.8, 4) is 11.3 Å². The van der Waals surface area contributed by atoms with Gasteiger partial charge in [0.2, 0.25) is 10.0 Å². The molecule has 0 saturated carbocycles. The van der Waals surface area contributed by atoms with E-state index in [9.17, 15) is 13.2 Å². The van der Waals surface area contributed by atoms with Crippen LogP contribution in [0.5, 0.6) is 0 Å². The van der Waals surface area contributed by atoms with Gasteiger partial charge in [0.25, 0.3) is 5.91 Å². The van der Waals surface area contributed by atoms with E-state index in [1.807, 2.05) is 36.4 Å². The molecule has 8 nitrogen and oxygen atoms in total. The lowest BCUT2D eigenvalue weighted by atomic mass is 10.0. The minimum absolute atomic E-state index is 0.182. The van der Waals surface area contributed by atoms with Crippen molar-refractivity contribution in [1.82, 2.24) is 14.3 Å². The first-order chi connectivity index (χ1) is 16.5. The number of nitrogens with one attached hydrogen (secondary N) is 1. The van der Waals surface area contributed by atoms with Crippen LogP contribution >= 0.6 is 0 Å². The Bertz CT molecular complexity index is 1440. The topological polar surface area (TPSA) is 101 Å². The van der Waals surface area contributed by atoms with E-state index in [4.69, 9.17) is 9.72 Å². The number of aromatic nitrogens is 2. The number of nitrogens with zero attached hydrogens (tertiary/aromatic N) is 3. The van der Waals surface area contributed by atoms with Crippen molar-refractivity contribution in [1.29, 1.82) is 0 Å². The Labute approximate surface area is 197 Å². The van der Waals surface area contributed by atoms with Crippen LogP contribution in [0.4, 0.5) is 5.69 Å². The number of fused-ring (bicyclic) bond motifs is 1. The first-order valence-electron chi connectivity index (χ1n) is 10.8. The van der Waals surface area contributed by atoms with Gasteiger partial charge in [0.05, 0.1) is 34.9 Å². The second-order valence-electron chi connectivity index (χ2n) is 7.80. The van der Waals surface area contributed by atoms with Crippen LogP contribution in [0.25, 0.3) is 22.2 Å². The number of sulfonamides is 1. The molecule has 2 aromatic heterocycles. The molecule has 0 aliphatic carbocycles. The molecule has 1 amide bonds. The predicted octanol–water partition coefficient (Wildman–Crippen LogP) is 3.57. The molecule has 1 aliphatic heterocycles. The standard InChI is InChI=1S/C25H22N4O4S/c30-25(27-19-5-7-20(8-6-19)34(31,32)29-13-15-33-16-14-29)22-17-24(18-9-11-26-12-10-18)28-23-4-2-1-3-21(22)23/h1-12,17H,13-16H2,(H,27,30). The Hall–Kier alpha value is -3.66. The Kier molecular flexibility index (Phi) is 6.06. The SMILES string of the molecule is O=C(Nc1ccc(S(=O)(=O)N2CCOCC2)cc1)c1cc(-c2ccncc2)nc2ccccc12. The van der Waals surface area contributed by atoms with E-state index in [2.05, 4.69) is 10.3 Å². The van der Waals surface area contributed by atoms with Crippen molar-refractivity contribution in [3.05, 3.63) is 84.7 Å². The van der Waals surface area contributed by atoms with Gasteiger partial charge in [0, 0.05) is 42.1 Å². The summed E-state index contributed by atoms with van der Waals surface area (Å²) in [6.45, 7) is 1.43. The molecular weight excluding hydrogens is 452 g/mol.